The third-order valence-electron chi connectivity index (χ3n) is 3.16. The van der Waals surface area contributed by atoms with E-state index in [2.05, 4.69) is 20.5 Å². The van der Waals surface area contributed by atoms with Crippen LogP contribution in [0.1, 0.15) is 16.1 Å². The molecular formula is C16H14N4O. The average Bonchev–Trinajstić information content (AvgIpc) is 3.02. The zero-order valence-electron chi connectivity index (χ0n) is 11.5. The van der Waals surface area contributed by atoms with E-state index in [0.717, 1.165) is 22.5 Å². The molecule has 0 radical (unpaired) electrons. The standard InChI is InChI=1S/C16H14N4O/c1-11-4-3-8-17-15(11)16(21)19-13-6-2-5-12(10-13)14-7-9-18-20-14/h2-10H,1H3,(H,18,20)(H,19,21). The molecule has 0 aliphatic carbocycles. The van der Waals surface area contributed by atoms with E-state index in [1.807, 2.05) is 49.4 Å². The molecule has 3 rings (SSSR count). The molecule has 2 heterocycles. The van der Waals surface area contributed by atoms with Crippen molar-refractivity contribution in [2.24, 2.45) is 0 Å². The van der Waals surface area contributed by atoms with Crippen molar-refractivity contribution in [2.45, 2.75) is 6.92 Å². The summed E-state index contributed by atoms with van der Waals surface area (Å²) in [5.74, 6) is -0.213. The van der Waals surface area contributed by atoms with Gasteiger partial charge in [0, 0.05) is 23.6 Å². The van der Waals surface area contributed by atoms with Crippen LogP contribution in [0.15, 0.2) is 54.9 Å². The van der Waals surface area contributed by atoms with Gasteiger partial charge in [0.25, 0.3) is 5.91 Å². The summed E-state index contributed by atoms with van der Waals surface area (Å²) in [5, 5.41) is 9.69. The summed E-state index contributed by atoms with van der Waals surface area (Å²) >= 11 is 0. The van der Waals surface area contributed by atoms with Crippen molar-refractivity contribution in [2.75, 3.05) is 5.32 Å². The molecule has 0 aliphatic heterocycles. The highest BCUT2D eigenvalue weighted by atomic mass is 16.1. The summed E-state index contributed by atoms with van der Waals surface area (Å²) in [6.07, 6.45) is 3.31. The average molecular weight is 278 g/mol. The van der Waals surface area contributed by atoms with Gasteiger partial charge in [0.2, 0.25) is 0 Å². The molecule has 3 aromatic rings. The van der Waals surface area contributed by atoms with Crippen molar-refractivity contribution in [3.05, 3.63) is 66.1 Å². The van der Waals surface area contributed by atoms with Crippen molar-refractivity contribution in [1.29, 1.82) is 0 Å². The third-order valence-corrected chi connectivity index (χ3v) is 3.16. The van der Waals surface area contributed by atoms with Gasteiger partial charge in [-0.1, -0.05) is 18.2 Å². The molecule has 0 saturated carbocycles. The number of benzene rings is 1. The van der Waals surface area contributed by atoms with Gasteiger partial charge in [0.1, 0.15) is 5.69 Å². The van der Waals surface area contributed by atoms with Crippen LogP contribution >= 0.6 is 0 Å². The number of rotatable bonds is 3. The van der Waals surface area contributed by atoms with E-state index in [9.17, 15) is 4.79 Å². The lowest BCUT2D eigenvalue weighted by molar-refractivity contribution is 0.102. The van der Waals surface area contributed by atoms with Crippen LogP contribution in [0, 0.1) is 6.92 Å². The van der Waals surface area contributed by atoms with Gasteiger partial charge < -0.3 is 5.32 Å². The molecule has 2 N–H and O–H groups in total. The van der Waals surface area contributed by atoms with Crippen LogP contribution in [0.4, 0.5) is 5.69 Å². The van der Waals surface area contributed by atoms with Gasteiger partial charge in [-0.05, 0) is 36.8 Å². The normalized spacial score (nSPS) is 10.3. The van der Waals surface area contributed by atoms with E-state index in [0.29, 0.717) is 5.69 Å². The summed E-state index contributed by atoms with van der Waals surface area (Å²) in [6, 6.07) is 13.1. The third kappa shape index (κ3) is 2.81. The number of anilines is 1. The van der Waals surface area contributed by atoms with Crippen LogP contribution in [-0.2, 0) is 0 Å². The first-order chi connectivity index (χ1) is 10.2. The second-order valence-corrected chi connectivity index (χ2v) is 4.67. The van der Waals surface area contributed by atoms with Gasteiger partial charge in [-0.3, -0.25) is 14.9 Å². The highest BCUT2D eigenvalue weighted by Gasteiger charge is 2.10. The number of nitrogens with zero attached hydrogens (tertiary/aromatic N) is 2. The number of amides is 1. The number of hydrogen-bond donors (Lipinski definition) is 2. The Morgan fingerprint density at radius 3 is 2.81 bits per heavy atom. The van der Waals surface area contributed by atoms with Crippen molar-refractivity contribution in [3.8, 4) is 11.3 Å². The molecule has 0 saturated heterocycles. The number of aryl methyl sites for hydroxylation is 1. The molecule has 0 fully saturated rings. The van der Waals surface area contributed by atoms with E-state index in [1.165, 1.54) is 0 Å². The maximum atomic E-state index is 12.2. The number of carbonyl (C=O) groups excluding carboxylic acids is 1. The highest BCUT2D eigenvalue weighted by Crippen LogP contribution is 2.20. The van der Waals surface area contributed by atoms with E-state index in [-0.39, 0.29) is 5.91 Å². The quantitative estimate of drug-likeness (QED) is 0.773. The topological polar surface area (TPSA) is 70.7 Å². The minimum Gasteiger partial charge on any atom is -0.321 e. The predicted octanol–water partition coefficient (Wildman–Crippen LogP) is 3.03. The van der Waals surface area contributed by atoms with E-state index in [4.69, 9.17) is 0 Å². The molecule has 2 aromatic heterocycles. The largest absolute Gasteiger partial charge is 0.321 e. The van der Waals surface area contributed by atoms with Crippen molar-refractivity contribution >= 4 is 11.6 Å². The van der Waals surface area contributed by atoms with E-state index < -0.39 is 0 Å². The van der Waals surface area contributed by atoms with Gasteiger partial charge in [0.05, 0.1) is 5.69 Å². The lowest BCUT2D eigenvalue weighted by Gasteiger charge is -2.07. The summed E-state index contributed by atoms with van der Waals surface area (Å²) in [6.45, 7) is 1.86. The fourth-order valence-corrected chi connectivity index (χ4v) is 2.09. The molecule has 0 unspecified atom stereocenters. The van der Waals surface area contributed by atoms with Gasteiger partial charge in [-0.2, -0.15) is 5.10 Å². The molecular weight excluding hydrogens is 264 g/mol. The van der Waals surface area contributed by atoms with E-state index >= 15 is 0 Å². The van der Waals surface area contributed by atoms with Crippen LogP contribution in [0.5, 0.6) is 0 Å². The molecule has 0 spiro atoms. The summed E-state index contributed by atoms with van der Waals surface area (Å²) in [5.41, 5.74) is 3.87. The van der Waals surface area contributed by atoms with Crippen LogP contribution in [0.3, 0.4) is 0 Å². The number of pyridine rings is 1. The first-order valence-corrected chi connectivity index (χ1v) is 6.57. The fraction of sp³-hybridized carbons (Fsp3) is 0.0625. The maximum Gasteiger partial charge on any atom is 0.274 e. The maximum absolute atomic E-state index is 12.2. The molecule has 0 atom stereocenters. The summed E-state index contributed by atoms with van der Waals surface area (Å²) in [4.78, 5) is 16.4. The molecule has 0 aliphatic rings. The van der Waals surface area contributed by atoms with Gasteiger partial charge in [-0.15, -0.1) is 0 Å². The van der Waals surface area contributed by atoms with Crippen LogP contribution in [0.2, 0.25) is 0 Å². The number of aromatic amines is 1. The Hall–Kier alpha value is -2.95. The van der Waals surface area contributed by atoms with Crippen molar-refractivity contribution in [3.63, 3.8) is 0 Å². The highest BCUT2D eigenvalue weighted by molar-refractivity contribution is 6.04. The molecule has 21 heavy (non-hydrogen) atoms. The Morgan fingerprint density at radius 1 is 1.14 bits per heavy atom. The first-order valence-electron chi connectivity index (χ1n) is 6.57. The number of nitrogens with one attached hydrogen (secondary N) is 2. The minimum atomic E-state index is -0.213. The number of carbonyl (C=O) groups is 1. The fourth-order valence-electron chi connectivity index (χ4n) is 2.09. The number of hydrogen-bond acceptors (Lipinski definition) is 3. The Balaban J connectivity index is 1.84. The summed E-state index contributed by atoms with van der Waals surface area (Å²) in [7, 11) is 0. The zero-order chi connectivity index (χ0) is 14.7. The Labute approximate surface area is 122 Å². The molecule has 1 aromatic carbocycles. The molecule has 5 nitrogen and oxygen atoms in total. The number of aromatic nitrogens is 3. The SMILES string of the molecule is Cc1cccnc1C(=O)Nc1cccc(-c2ccn[nH]2)c1. The summed E-state index contributed by atoms with van der Waals surface area (Å²) < 4.78 is 0. The predicted molar refractivity (Wildman–Crippen MR) is 81.0 cm³/mol. The van der Waals surface area contributed by atoms with Crippen molar-refractivity contribution < 1.29 is 4.79 Å². The second-order valence-electron chi connectivity index (χ2n) is 4.67. The number of H-pyrrole nitrogens is 1. The molecule has 1 amide bonds. The molecule has 0 bridgehead atoms. The van der Waals surface area contributed by atoms with Gasteiger partial charge in [-0.25, -0.2) is 0 Å². The van der Waals surface area contributed by atoms with E-state index in [1.54, 1.807) is 12.4 Å². The lowest BCUT2D eigenvalue weighted by atomic mass is 10.1. The Bertz CT molecular complexity index is 765. The van der Waals surface area contributed by atoms with Crippen LogP contribution in [0.25, 0.3) is 11.3 Å². The molecule has 104 valence electrons. The monoisotopic (exact) mass is 278 g/mol. The lowest BCUT2D eigenvalue weighted by Crippen LogP contribution is -2.15. The second kappa shape index (κ2) is 5.58. The first kappa shape index (κ1) is 13.1. The zero-order valence-corrected chi connectivity index (χ0v) is 11.5. The minimum absolute atomic E-state index is 0.213. The Morgan fingerprint density at radius 2 is 2.05 bits per heavy atom. The van der Waals surface area contributed by atoms with Gasteiger partial charge in [0.15, 0.2) is 0 Å². The van der Waals surface area contributed by atoms with Gasteiger partial charge >= 0.3 is 0 Å². The molecule has 5 heteroatoms. The van der Waals surface area contributed by atoms with Crippen molar-refractivity contribution in [1.82, 2.24) is 15.2 Å². The smallest absolute Gasteiger partial charge is 0.274 e. The Kier molecular flexibility index (Phi) is 3.47. The van der Waals surface area contributed by atoms with Crippen LogP contribution in [-0.4, -0.2) is 21.1 Å². The van der Waals surface area contributed by atoms with Crippen LogP contribution < -0.4 is 5.32 Å².